The summed E-state index contributed by atoms with van der Waals surface area (Å²) in [5.74, 6) is -0.521. The fraction of sp³-hybridized carbons (Fsp3) is 0.160. The van der Waals surface area contributed by atoms with Crippen molar-refractivity contribution in [2.45, 2.75) is 13.8 Å². The lowest BCUT2D eigenvalue weighted by Gasteiger charge is -2.23. The van der Waals surface area contributed by atoms with Crippen molar-refractivity contribution >= 4 is 40.5 Å². The number of fused-ring (bicyclic) bond motifs is 1. The van der Waals surface area contributed by atoms with Crippen LogP contribution in [0.25, 0.3) is 0 Å². The third-order valence-corrected chi connectivity index (χ3v) is 5.27. The number of benzodiazepines with no additional fused rings is 1. The molecule has 1 heterocycles. The molecule has 0 aromatic heterocycles. The number of hydrogen-bond donors (Lipinski definition) is 1. The fourth-order valence-corrected chi connectivity index (χ4v) is 3.96. The molecule has 1 N–H and O–H groups in total. The molecule has 1 aliphatic rings. The van der Waals surface area contributed by atoms with Gasteiger partial charge in [-0.2, -0.15) is 0 Å². The quantitative estimate of drug-likeness (QED) is 0.646. The normalized spacial score (nSPS) is 13.3. The third kappa shape index (κ3) is 4.67. The van der Waals surface area contributed by atoms with Crippen LogP contribution in [0.3, 0.4) is 0 Å². The van der Waals surface area contributed by atoms with E-state index in [-0.39, 0.29) is 24.9 Å². The van der Waals surface area contributed by atoms with E-state index < -0.39 is 0 Å². The molecule has 0 spiro atoms. The van der Waals surface area contributed by atoms with Crippen molar-refractivity contribution < 1.29 is 9.59 Å². The van der Waals surface area contributed by atoms with Gasteiger partial charge in [0.1, 0.15) is 13.1 Å². The average molecular weight is 432 g/mol. The van der Waals surface area contributed by atoms with Crippen molar-refractivity contribution in [1.82, 2.24) is 0 Å². The van der Waals surface area contributed by atoms with E-state index >= 15 is 0 Å². The van der Waals surface area contributed by atoms with E-state index in [1.165, 1.54) is 4.90 Å². The van der Waals surface area contributed by atoms with E-state index in [9.17, 15) is 9.59 Å². The van der Waals surface area contributed by atoms with Gasteiger partial charge in [0, 0.05) is 21.8 Å². The molecule has 0 fully saturated rings. The molecule has 0 radical (unpaired) electrons. The van der Waals surface area contributed by atoms with Crippen LogP contribution in [-0.4, -0.2) is 30.6 Å². The topological polar surface area (TPSA) is 61.8 Å². The molecular weight excluding hydrogens is 410 g/mol. The zero-order valence-corrected chi connectivity index (χ0v) is 18.1. The average Bonchev–Trinajstić information content (AvgIpc) is 2.84. The first-order chi connectivity index (χ1) is 14.9. The van der Waals surface area contributed by atoms with Gasteiger partial charge >= 0.3 is 0 Å². The third-order valence-electron chi connectivity index (χ3n) is 5.03. The summed E-state index contributed by atoms with van der Waals surface area (Å²) in [4.78, 5) is 31.8. The minimum absolute atomic E-state index is 0.0483. The molecule has 0 saturated carbocycles. The number of benzene rings is 3. The lowest BCUT2D eigenvalue weighted by Crippen LogP contribution is -2.39. The maximum Gasteiger partial charge on any atom is 0.249 e. The summed E-state index contributed by atoms with van der Waals surface area (Å²) in [7, 11) is 0. The van der Waals surface area contributed by atoms with Gasteiger partial charge < -0.3 is 10.2 Å². The second-order valence-corrected chi connectivity index (χ2v) is 8.03. The SMILES string of the molecule is Cc1cc(C)cc(NC(=O)CN2C(=O)CN=C(c3ccccc3)c3cc(Cl)ccc32)c1. The van der Waals surface area contributed by atoms with Crippen LogP contribution in [0.2, 0.25) is 5.02 Å². The van der Waals surface area contributed by atoms with Crippen molar-refractivity contribution in [1.29, 1.82) is 0 Å². The molecule has 3 aromatic rings. The number of aryl methyl sites for hydroxylation is 2. The number of nitrogens with zero attached hydrogens (tertiary/aromatic N) is 2. The van der Waals surface area contributed by atoms with Gasteiger partial charge in [-0.1, -0.05) is 48.0 Å². The van der Waals surface area contributed by atoms with Crippen LogP contribution in [0.4, 0.5) is 11.4 Å². The molecular formula is C25H22ClN3O2. The van der Waals surface area contributed by atoms with Crippen molar-refractivity contribution in [3.8, 4) is 0 Å². The van der Waals surface area contributed by atoms with Crippen molar-refractivity contribution in [3.05, 3.63) is 94.0 Å². The van der Waals surface area contributed by atoms with E-state index in [1.807, 2.05) is 62.4 Å². The number of amides is 2. The molecule has 4 rings (SSSR count). The summed E-state index contributed by atoms with van der Waals surface area (Å²) in [5.41, 5.74) is 5.74. The van der Waals surface area contributed by atoms with Gasteiger partial charge in [-0.15, -0.1) is 0 Å². The number of rotatable bonds is 4. The number of nitrogens with one attached hydrogen (secondary N) is 1. The van der Waals surface area contributed by atoms with Crippen LogP contribution in [0.15, 0.2) is 71.7 Å². The van der Waals surface area contributed by atoms with Gasteiger partial charge in [-0.05, 0) is 55.3 Å². The first-order valence-electron chi connectivity index (χ1n) is 9.99. The molecule has 0 saturated heterocycles. The van der Waals surface area contributed by atoms with Crippen molar-refractivity contribution in [2.75, 3.05) is 23.3 Å². The highest BCUT2D eigenvalue weighted by Crippen LogP contribution is 2.29. The zero-order valence-electron chi connectivity index (χ0n) is 17.4. The Morgan fingerprint density at radius 1 is 1.03 bits per heavy atom. The van der Waals surface area contributed by atoms with Gasteiger partial charge in [0.15, 0.2) is 0 Å². The molecule has 5 nitrogen and oxygen atoms in total. The summed E-state index contributed by atoms with van der Waals surface area (Å²) in [5, 5.41) is 3.44. The molecule has 0 bridgehead atoms. The molecule has 2 amide bonds. The van der Waals surface area contributed by atoms with Crippen molar-refractivity contribution in [3.63, 3.8) is 0 Å². The monoisotopic (exact) mass is 431 g/mol. The highest BCUT2D eigenvalue weighted by molar-refractivity contribution is 6.32. The molecule has 31 heavy (non-hydrogen) atoms. The standard InChI is InChI=1S/C25H22ClN3O2/c1-16-10-17(2)12-20(11-16)28-23(30)15-29-22-9-8-19(26)13-21(22)25(27-14-24(29)31)18-6-4-3-5-7-18/h3-13H,14-15H2,1-2H3,(H,28,30). The number of hydrogen-bond acceptors (Lipinski definition) is 3. The zero-order chi connectivity index (χ0) is 22.0. The highest BCUT2D eigenvalue weighted by atomic mass is 35.5. The Bertz CT molecular complexity index is 1170. The van der Waals surface area contributed by atoms with Gasteiger partial charge in [-0.3, -0.25) is 14.6 Å². The Balaban J connectivity index is 1.66. The van der Waals surface area contributed by atoms with E-state index in [2.05, 4.69) is 10.3 Å². The maximum absolute atomic E-state index is 12.9. The van der Waals surface area contributed by atoms with E-state index in [0.29, 0.717) is 22.1 Å². The predicted octanol–water partition coefficient (Wildman–Crippen LogP) is 4.78. The van der Waals surface area contributed by atoms with Gasteiger partial charge in [-0.25, -0.2) is 0 Å². The Morgan fingerprint density at radius 2 is 1.74 bits per heavy atom. The number of carbonyl (C=O) groups is 2. The number of aliphatic imine (C=N–C) groups is 1. The van der Waals surface area contributed by atoms with E-state index in [1.54, 1.807) is 18.2 Å². The second-order valence-electron chi connectivity index (χ2n) is 7.60. The summed E-state index contributed by atoms with van der Waals surface area (Å²) in [6.45, 7) is 3.79. The lowest BCUT2D eigenvalue weighted by molar-refractivity contribution is -0.120. The lowest BCUT2D eigenvalue weighted by atomic mass is 10.00. The van der Waals surface area contributed by atoms with Crippen LogP contribution < -0.4 is 10.2 Å². The minimum atomic E-state index is -0.276. The Labute approximate surface area is 186 Å². The Morgan fingerprint density at radius 3 is 2.45 bits per heavy atom. The van der Waals surface area contributed by atoms with E-state index in [0.717, 1.165) is 22.3 Å². The molecule has 0 aliphatic carbocycles. The van der Waals surface area contributed by atoms with Crippen LogP contribution in [0.1, 0.15) is 22.3 Å². The largest absolute Gasteiger partial charge is 0.325 e. The summed E-state index contributed by atoms with van der Waals surface area (Å²) in [6, 6.07) is 20.8. The van der Waals surface area contributed by atoms with Crippen LogP contribution >= 0.6 is 11.6 Å². The summed E-state index contributed by atoms with van der Waals surface area (Å²) in [6.07, 6.45) is 0. The van der Waals surface area contributed by atoms with Crippen LogP contribution in [0, 0.1) is 13.8 Å². The highest BCUT2D eigenvalue weighted by Gasteiger charge is 2.27. The van der Waals surface area contributed by atoms with Crippen LogP contribution in [0.5, 0.6) is 0 Å². The number of anilines is 2. The van der Waals surface area contributed by atoms with Crippen molar-refractivity contribution in [2.24, 2.45) is 4.99 Å². The summed E-state index contributed by atoms with van der Waals surface area (Å²) >= 11 is 6.27. The second kappa shape index (κ2) is 8.74. The maximum atomic E-state index is 12.9. The molecule has 0 unspecified atom stereocenters. The Kier molecular flexibility index (Phi) is 5.87. The van der Waals surface area contributed by atoms with Gasteiger partial charge in [0.2, 0.25) is 11.8 Å². The first kappa shape index (κ1) is 20.8. The molecule has 1 aliphatic heterocycles. The van der Waals surface area contributed by atoms with E-state index in [4.69, 9.17) is 11.6 Å². The molecule has 3 aromatic carbocycles. The van der Waals surface area contributed by atoms with Gasteiger partial charge in [0.05, 0.1) is 11.4 Å². The smallest absolute Gasteiger partial charge is 0.249 e. The first-order valence-corrected chi connectivity index (χ1v) is 10.4. The molecule has 0 atom stereocenters. The summed E-state index contributed by atoms with van der Waals surface area (Å²) < 4.78 is 0. The Hall–Kier alpha value is -3.44. The fourth-order valence-electron chi connectivity index (χ4n) is 3.79. The number of carbonyl (C=O) groups excluding carboxylic acids is 2. The molecule has 156 valence electrons. The predicted molar refractivity (Wildman–Crippen MR) is 125 cm³/mol. The van der Waals surface area contributed by atoms with Gasteiger partial charge in [0.25, 0.3) is 0 Å². The molecule has 6 heteroatoms. The minimum Gasteiger partial charge on any atom is -0.325 e. The number of halogens is 1. The van der Waals surface area contributed by atoms with Crippen LogP contribution in [-0.2, 0) is 9.59 Å².